The molecule has 0 spiro atoms. The minimum Gasteiger partial charge on any atom is -0.310 e. The average molecular weight is 316 g/mol. The van der Waals surface area contributed by atoms with Crippen LogP contribution in [0.25, 0.3) is 0 Å². The molecule has 1 aromatic carbocycles. The maximum Gasteiger partial charge on any atom is 0.150 e. The maximum absolute atomic E-state index is 11.7. The van der Waals surface area contributed by atoms with Crippen LogP contribution in [0.1, 0.15) is 36.1 Å². The molecule has 1 aliphatic rings. The van der Waals surface area contributed by atoms with Crippen LogP contribution in [0.2, 0.25) is 5.02 Å². The molecule has 2 unspecified atom stereocenters. The van der Waals surface area contributed by atoms with Crippen LogP contribution in [-0.4, -0.2) is 26.5 Å². The van der Waals surface area contributed by atoms with Crippen molar-refractivity contribution in [3.05, 3.63) is 33.8 Å². The zero-order valence-electron chi connectivity index (χ0n) is 12.2. The third-order valence-electron chi connectivity index (χ3n) is 4.11. The number of nitrogens with one attached hydrogen (secondary N) is 1. The van der Waals surface area contributed by atoms with Crippen molar-refractivity contribution in [2.45, 2.75) is 33.2 Å². The highest BCUT2D eigenvalue weighted by Gasteiger charge is 2.35. The van der Waals surface area contributed by atoms with E-state index in [1.165, 1.54) is 5.56 Å². The first kappa shape index (κ1) is 15.8. The molecule has 5 heteroatoms. The molecule has 1 N–H and O–H groups in total. The van der Waals surface area contributed by atoms with Gasteiger partial charge in [0.15, 0.2) is 9.84 Å². The van der Waals surface area contributed by atoms with Crippen molar-refractivity contribution < 1.29 is 8.42 Å². The molecule has 20 heavy (non-hydrogen) atoms. The molecule has 0 aromatic heterocycles. The molecule has 112 valence electrons. The molecule has 0 amide bonds. The number of benzene rings is 1. The van der Waals surface area contributed by atoms with Gasteiger partial charge in [0.25, 0.3) is 0 Å². The zero-order chi connectivity index (χ0) is 14.9. The summed E-state index contributed by atoms with van der Waals surface area (Å²) in [5.74, 6) is 0.662. The van der Waals surface area contributed by atoms with Gasteiger partial charge in [-0.1, -0.05) is 24.6 Å². The Morgan fingerprint density at radius 2 is 2.00 bits per heavy atom. The lowest BCUT2D eigenvalue weighted by molar-refractivity contribution is 0.400. The highest BCUT2D eigenvalue weighted by Crippen LogP contribution is 2.35. The normalized spacial score (nSPS) is 22.9. The molecule has 1 fully saturated rings. The Hall–Kier alpha value is -0.580. The average Bonchev–Trinajstić information content (AvgIpc) is 2.71. The van der Waals surface area contributed by atoms with E-state index in [4.69, 9.17) is 11.6 Å². The summed E-state index contributed by atoms with van der Waals surface area (Å²) in [5, 5.41) is 4.14. The molecule has 0 aliphatic carbocycles. The molecule has 2 atom stereocenters. The minimum atomic E-state index is -2.88. The second-order valence-corrected chi connectivity index (χ2v) is 8.29. The van der Waals surface area contributed by atoms with Crippen molar-refractivity contribution in [2.24, 2.45) is 5.92 Å². The van der Waals surface area contributed by atoms with Gasteiger partial charge in [-0.05, 0) is 55.5 Å². The molecule has 0 saturated carbocycles. The van der Waals surface area contributed by atoms with Crippen LogP contribution in [0.15, 0.2) is 12.1 Å². The third kappa shape index (κ3) is 3.35. The number of hydrogen-bond acceptors (Lipinski definition) is 3. The van der Waals surface area contributed by atoms with Crippen LogP contribution < -0.4 is 5.32 Å². The molecule has 2 rings (SSSR count). The molecule has 1 aromatic rings. The van der Waals surface area contributed by atoms with Gasteiger partial charge in [-0.3, -0.25) is 0 Å². The van der Waals surface area contributed by atoms with E-state index in [0.717, 1.165) is 22.7 Å². The van der Waals surface area contributed by atoms with Gasteiger partial charge in [-0.2, -0.15) is 0 Å². The van der Waals surface area contributed by atoms with E-state index in [1.54, 1.807) is 0 Å². The van der Waals surface area contributed by atoms with Gasteiger partial charge in [-0.15, -0.1) is 0 Å². The molecule has 1 heterocycles. The standard InChI is InChI=1S/C15H22ClNO2S/c1-4-17-15(12-5-6-20(18,19)9-12)13-7-10(2)11(3)8-14(13)16/h7-8,12,15,17H,4-6,9H2,1-3H3. The number of rotatable bonds is 4. The number of aryl methyl sites for hydroxylation is 2. The van der Waals surface area contributed by atoms with Crippen molar-refractivity contribution in [3.8, 4) is 0 Å². The largest absolute Gasteiger partial charge is 0.310 e. The van der Waals surface area contributed by atoms with Crippen molar-refractivity contribution in [2.75, 3.05) is 18.1 Å². The van der Waals surface area contributed by atoms with Crippen LogP contribution in [0.5, 0.6) is 0 Å². The Bertz CT molecular complexity index is 598. The topological polar surface area (TPSA) is 46.2 Å². The molecular weight excluding hydrogens is 294 g/mol. The number of halogens is 1. The van der Waals surface area contributed by atoms with E-state index in [0.29, 0.717) is 12.2 Å². The maximum atomic E-state index is 11.7. The fraction of sp³-hybridized carbons (Fsp3) is 0.600. The smallest absolute Gasteiger partial charge is 0.150 e. The molecular formula is C15H22ClNO2S. The molecule has 1 aliphatic heterocycles. The minimum absolute atomic E-state index is 0.0177. The first-order chi connectivity index (χ1) is 9.34. The zero-order valence-corrected chi connectivity index (χ0v) is 13.8. The molecule has 1 saturated heterocycles. The lowest BCUT2D eigenvalue weighted by Gasteiger charge is -2.25. The quantitative estimate of drug-likeness (QED) is 0.929. The van der Waals surface area contributed by atoms with Gasteiger partial charge in [0.2, 0.25) is 0 Å². The lowest BCUT2D eigenvalue weighted by Crippen LogP contribution is -2.29. The van der Waals surface area contributed by atoms with E-state index in [9.17, 15) is 8.42 Å². The summed E-state index contributed by atoms with van der Waals surface area (Å²) in [6.07, 6.45) is 0.712. The highest BCUT2D eigenvalue weighted by atomic mass is 35.5. The van der Waals surface area contributed by atoms with Crippen LogP contribution in [0.4, 0.5) is 0 Å². The summed E-state index contributed by atoms with van der Waals surface area (Å²) in [5.41, 5.74) is 3.37. The summed E-state index contributed by atoms with van der Waals surface area (Å²) < 4.78 is 23.5. The Morgan fingerprint density at radius 1 is 1.35 bits per heavy atom. The predicted octanol–water partition coefficient (Wildman–Crippen LogP) is 3.04. The fourth-order valence-electron chi connectivity index (χ4n) is 2.88. The van der Waals surface area contributed by atoms with Gasteiger partial charge in [0.1, 0.15) is 0 Å². The summed E-state index contributed by atoms with van der Waals surface area (Å²) >= 11 is 6.39. The monoisotopic (exact) mass is 315 g/mol. The van der Waals surface area contributed by atoms with Crippen LogP contribution in [-0.2, 0) is 9.84 Å². The van der Waals surface area contributed by atoms with Crippen molar-refractivity contribution in [1.29, 1.82) is 0 Å². The van der Waals surface area contributed by atoms with Crippen molar-refractivity contribution in [3.63, 3.8) is 0 Å². The SMILES string of the molecule is CCNC(c1cc(C)c(C)cc1Cl)C1CCS(=O)(=O)C1. The first-order valence-electron chi connectivity index (χ1n) is 7.04. The van der Waals surface area contributed by atoms with E-state index in [-0.39, 0.29) is 17.7 Å². The Labute approximate surface area is 126 Å². The van der Waals surface area contributed by atoms with Crippen LogP contribution in [0.3, 0.4) is 0 Å². The summed E-state index contributed by atoms with van der Waals surface area (Å²) in [7, 11) is -2.88. The Kier molecular flexibility index (Phi) is 4.77. The predicted molar refractivity (Wildman–Crippen MR) is 84.1 cm³/mol. The molecule has 0 radical (unpaired) electrons. The van der Waals surface area contributed by atoms with E-state index >= 15 is 0 Å². The fourth-order valence-corrected chi connectivity index (χ4v) is 5.05. The Balaban J connectivity index is 2.36. The highest BCUT2D eigenvalue weighted by molar-refractivity contribution is 7.91. The lowest BCUT2D eigenvalue weighted by atomic mass is 9.90. The van der Waals surface area contributed by atoms with E-state index in [1.807, 2.05) is 19.9 Å². The number of hydrogen-bond donors (Lipinski definition) is 1. The summed E-state index contributed by atoms with van der Waals surface area (Å²) in [6, 6.07) is 4.08. The van der Waals surface area contributed by atoms with Crippen LogP contribution >= 0.6 is 11.6 Å². The van der Waals surface area contributed by atoms with Crippen LogP contribution in [0, 0.1) is 19.8 Å². The van der Waals surface area contributed by atoms with Gasteiger partial charge in [-0.25, -0.2) is 8.42 Å². The second kappa shape index (κ2) is 6.04. The first-order valence-corrected chi connectivity index (χ1v) is 9.24. The van der Waals surface area contributed by atoms with Gasteiger partial charge < -0.3 is 5.32 Å². The number of sulfone groups is 1. The van der Waals surface area contributed by atoms with Gasteiger partial charge in [0, 0.05) is 11.1 Å². The van der Waals surface area contributed by atoms with E-state index < -0.39 is 9.84 Å². The molecule has 3 nitrogen and oxygen atoms in total. The Morgan fingerprint density at radius 3 is 2.55 bits per heavy atom. The van der Waals surface area contributed by atoms with Crippen molar-refractivity contribution >= 4 is 21.4 Å². The summed E-state index contributed by atoms with van der Waals surface area (Å²) in [6.45, 7) is 6.92. The third-order valence-corrected chi connectivity index (χ3v) is 6.23. The van der Waals surface area contributed by atoms with Crippen molar-refractivity contribution in [1.82, 2.24) is 5.32 Å². The summed E-state index contributed by atoms with van der Waals surface area (Å²) in [4.78, 5) is 0. The van der Waals surface area contributed by atoms with E-state index in [2.05, 4.69) is 18.3 Å². The van der Waals surface area contributed by atoms with Gasteiger partial charge >= 0.3 is 0 Å². The van der Waals surface area contributed by atoms with Gasteiger partial charge in [0.05, 0.1) is 11.5 Å². The second-order valence-electron chi connectivity index (χ2n) is 5.66. The molecule has 0 bridgehead atoms.